The third-order valence-corrected chi connectivity index (χ3v) is 1.78. The molecule has 2 unspecified atom stereocenters. The van der Waals surface area contributed by atoms with Crippen LogP contribution in [0.25, 0.3) is 0 Å². The van der Waals surface area contributed by atoms with Gasteiger partial charge in [0, 0.05) is 0 Å². The number of hydrogen-bond donors (Lipinski definition) is 0. The predicted octanol–water partition coefficient (Wildman–Crippen LogP) is 1.58. The lowest BCUT2D eigenvalue weighted by Crippen LogP contribution is -2.30. The zero-order chi connectivity index (χ0) is 13.8. The molecule has 18 heavy (non-hydrogen) atoms. The van der Waals surface area contributed by atoms with Gasteiger partial charge in [-0.2, -0.15) is 13.2 Å². The zero-order valence-corrected chi connectivity index (χ0v) is 8.74. The van der Waals surface area contributed by atoms with E-state index in [9.17, 15) is 27.2 Å². The number of carbonyl (C=O) groups is 2. The third-order valence-electron chi connectivity index (χ3n) is 1.78. The number of carbonyl (C=O) groups excluding carboxylic acids is 2. The van der Waals surface area contributed by atoms with Crippen LogP contribution in [0.2, 0.25) is 0 Å². The first-order chi connectivity index (χ1) is 8.32. The smallest absolute Gasteiger partial charge is 0.430 e. The van der Waals surface area contributed by atoms with Gasteiger partial charge in [-0.05, 0) is 0 Å². The van der Waals surface area contributed by atoms with E-state index in [1.54, 1.807) is 0 Å². The lowest BCUT2D eigenvalue weighted by Gasteiger charge is -2.09. The molecule has 0 aromatic carbocycles. The maximum atomic E-state index is 11.6. The van der Waals surface area contributed by atoms with Crippen LogP contribution in [0.15, 0.2) is 0 Å². The van der Waals surface area contributed by atoms with Gasteiger partial charge in [-0.1, -0.05) is 0 Å². The van der Waals surface area contributed by atoms with E-state index in [1.165, 1.54) is 0 Å². The summed E-state index contributed by atoms with van der Waals surface area (Å²) in [7, 11) is 0. The van der Waals surface area contributed by atoms with E-state index in [0.29, 0.717) is 0 Å². The van der Waals surface area contributed by atoms with E-state index in [1.807, 2.05) is 0 Å². The first-order valence-electron chi connectivity index (χ1n) is 4.62. The number of halogens is 4. The first-order valence-corrected chi connectivity index (χ1v) is 4.62. The Bertz CT molecular complexity index is 317. The van der Waals surface area contributed by atoms with E-state index in [-0.39, 0.29) is 6.61 Å². The van der Waals surface area contributed by atoms with E-state index in [0.717, 1.165) is 0 Å². The maximum Gasteiger partial charge on any atom is 0.509 e. The van der Waals surface area contributed by atoms with Crippen LogP contribution in [0.3, 0.4) is 0 Å². The summed E-state index contributed by atoms with van der Waals surface area (Å²) in [4.78, 5) is 20.0. The summed E-state index contributed by atoms with van der Waals surface area (Å²) in [5.74, 6) is 0. The second-order valence-corrected chi connectivity index (χ2v) is 3.16. The van der Waals surface area contributed by atoms with E-state index in [4.69, 9.17) is 0 Å². The van der Waals surface area contributed by atoms with Crippen molar-refractivity contribution < 1.29 is 46.1 Å². The second-order valence-electron chi connectivity index (χ2n) is 3.16. The van der Waals surface area contributed by atoms with Crippen LogP contribution in [0, 0.1) is 0 Å². The van der Waals surface area contributed by atoms with Gasteiger partial charge in [-0.3, -0.25) is 0 Å². The predicted molar refractivity (Wildman–Crippen MR) is 44.5 cm³/mol. The van der Waals surface area contributed by atoms with E-state index in [2.05, 4.69) is 18.9 Å². The normalized spacial score (nSPS) is 26.4. The number of ether oxygens (including phenoxy) is 4. The molecular weight excluding hydrogens is 268 g/mol. The van der Waals surface area contributed by atoms with Gasteiger partial charge in [0.25, 0.3) is 0 Å². The molecule has 0 radical (unpaired) electrons. The van der Waals surface area contributed by atoms with Crippen LogP contribution < -0.4 is 0 Å². The van der Waals surface area contributed by atoms with Crippen molar-refractivity contribution in [2.75, 3.05) is 19.9 Å². The van der Waals surface area contributed by atoms with Gasteiger partial charge in [0.05, 0.1) is 0 Å². The fourth-order valence-corrected chi connectivity index (χ4v) is 0.930. The van der Waals surface area contributed by atoms with Crippen molar-refractivity contribution in [2.45, 2.75) is 18.4 Å². The van der Waals surface area contributed by atoms with E-state index >= 15 is 0 Å². The minimum absolute atomic E-state index is 0.0509. The van der Waals surface area contributed by atoms with Crippen LogP contribution in [0.5, 0.6) is 0 Å². The molecule has 0 aromatic heterocycles. The molecule has 0 aliphatic carbocycles. The van der Waals surface area contributed by atoms with Crippen LogP contribution in [-0.2, 0) is 18.9 Å². The standard InChI is InChI=1S/C4H3F3O3.C4H5FO3/c5-4(6,7)2-1-9-3(8)10-2;5-1-3-2-7-4(6)8-3/h2H,1H2;3H,1-2H2. The summed E-state index contributed by atoms with van der Waals surface area (Å²) in [5, 5.41) is 0. The Hall–Kier alpha value is -1.74. The fraction of sp³-hybridized carbons (Fsp3) is 0.750. The van der Waals surface area contributed by atoms with Gasteiger partial charge in [-0.25, -0.2) is 14.0 Å². The van der Waals surface area contributed by atoms with Crippen molar-refractivity contribution in [3.63, 3.8) is 0 Å². The fourth-order valence-electron chi connectivity index (χ4n) is 0.930. The molecule has 0 spiro atoms. The summed E-state index contributed by atoms with van der Waals surface area (Å²) in [6.45, 7) is -1.34. The highest BCUT2D eigenvalue weighted by Crippen LogP contribution is 2.26. The third kappa shape index (κ3) is 4.26. The zero-order valence-electron chi connectivity index (χ0n) is 8.74. The Kier molecular flexibility index (Phi) is 4.56. The highest BCUT2D eigenvalue weighted by molar-refractivity contribution is 5.62. The topological polar surface area (TPSA) is 71.1 Å². The lowest BCUT2D eigenvalue weighted by atomic mass is 10.4. The quantitative estimate of drug-likeness (QED) is 0.535. The number of cyclic esters (lactones) is 4. The average Bonchev–Trinajstić information content (AvgIpc) is 2.87. The molecule has 2 saturated heterocycles. The summed E-state index contributed by atoms with van der Waals surface area (Å²) in [6.07, 6.45) is -9.29. The van der Waals surface area contributed by atoms with E-state index < -0.39 is 44.0 Å². The average molecular weight is 276 g/mol. The first kappa shape index (κ1) is 14.3. The summed E-state index contributed by atoms with van der Waals surface area (Å²) in [5.41, 5.74) is 0. The molecule has 0 bridgehead atoms. The molecule has 2 rings (SSSR count). The summed E-state index contributed by atoms with van der Waals surface area (Å²) < 4.78 is 62.4. The summed E-state index contributed by atoms with van der Waals surface area (Å²) >= 11 is 0. The largest absolute Gasteiger partial charge is 0.509 e. The molecule has 104 valence electrons. The van der Waals surface area contributed by atoms with Crippen LogP contribution in [0.4, 0.5) is 27.2 Å². The van der Waals surface area contributed by atoms with Crippen LogP contribution in [-0.4, -0.2) is 50.6 Å². The van der Waals surface area contributed by atoms with Gasteiger partial charge in [-0.15, -0.1) is 0 Å². The molecule has 0 N–H and O–H groups in total. The van der Waals surface area contributed by atoms with Crippen molar-refractivity contribution in [2.24, 2.45) is 0 Å². The maximum absolute atomic E-state index is 11.6. The monoisotopic (exact) mass is 276 g/mol. The van der Waals surface area contributed by atoms with Gasteiger partial charge < -0.3 is 18.9 Å². The minimum Gasteiger partial charge on any atom is -0.430 e. The highest BCUT2D eigenvalue weighted by atomic mass is 19.4. The van der Waals surface area contributed by atoms with Crippen molar-refractivity contribution in [1.82, 2.24) is 0 Å². The number of hydrogen-bond acceptors (Lipinski definition) is 6. The van der Waals surface area contributed by atoms with Crippen LogP contribution in [0.1, 0.15) is 0 Å². The van der Waals surface area contributed by atoms with Crippen molar-refractivity contribution in [3.8, 4) is 0 Å². The molecule has 2 aliphatic rings. The Morgan fingerprint density at radius 1 is 1.06 bits per heavy atom. The van der Waals surface area contributed by atoms with Gasteiger partial charge >= 0.3 is 18.5 Å². The van der Waals surface area contributed by atoms with Gasteiger partial charge in [0.15, 0.2) is 6.10 Å². The number of rotatable bonds is 1. The Balaban J connectivity index is 0.000000184. The summed E-state index contributed by atoms with van der Waals surface area (Å²) in [6, 6.07) is 0. The van der Waals surface area contributed by atoms with Crippen molar-refractivity contribution in [1.29, 1.82) is 0 Å². The molecule has 0 amide bonds. The molecule has 2 atom stereocenters. The Morgan fingerprint density at radius 2 is 1.61 bits per heavy atom. The SMILES string of the molecule is O=C1OCC(C(F)(F)F)O1.O=C1OCC(CF)O1. The van der Waals surface area contributed by atoms with Gasteiger partial charge in [0.1, 0.15) is 19.9 Å². The van der Waals surface area contributed by atoms with Crippen LogP contribution >= 0.6 is 0 Å². The molecule has 0 aromatic rings. The van der Waals surface area contributed by atoms with Crippen molar-refractivity contribution >= 4 is 12.3 Å². The molecule has 6 nitrogen and oxygen atoms in total. The molecule has 0 saturated carbocycles. The Morgan fingerprint density at radius 3 is 1.83 bits per heavy atom. The molecular formula is C8H8F4O6. The molecule has 2 aliphatic heterocycles. The lowest BCUT2D eigenvalue weighted by molar-refractivity contribution is -0.193. The second kappa shape index (κ2) is 5.74. The van der Waals surface area contributed by atoms with Crippen molar-refractivity contribution in [3.05, 3.63) is 0 Å². The molecule has 2 heterocycles. The van der Waals surface area contributed by atoms with Gasteiger partial charge in [0.2, 0.25) is 6.10 Å². The Labute approximate surface area is 97.7 Å². The minimum atomic E-state index is -4.51. The highest BCUT2D eigenvalue weighted by Gasteiger charge is 2.47. The molecule has 10 heteroatoms. The number of alkyl halides is 4. The molecule has 2 fully saturated rings.